The van der Waals surface area contributed by atoms with Gasteiger partial charge >= 0.3 is 5.97 Å². The molecule has 0 bridgehead atoms. The van der Waals surface area contributed by atoms with Gasteiger partial charge in [0.05, 0.1) is 16.1 Å². The number of hydrogen-bond acceptors (Lipinski definition) is 4. The van der Waals surface area contributed by atoms with Gasteiger partial charge in [-0.1, -0.05) is 0 Å². The van der Waals surface area contributed by atoms with E-state index in [0.717, 1.165) is 10.4 Å². The lowest BCUT2D eigenvalue weighted by Crippen LogP contribution is -2.27. The number of aromatic carboxylic acids is 1. The van der Waals surface area contributed by atoms with E-state index in [9.17, 15) is 14.7 Å². The van der Waals surface area contributed by atoms with Crippen LogP contribution < -0.4 is 10.6 Å². The van der Waals surface area contributed by atoms with Crippen molar-refractivity contribution in [2.75, 3.05) is 17.7 Å². The minimum Gasteiger partial charge on any atom is -0.478 e. The molecule has 21 heavy (non-hydrogen) atoms. The van der Waals surface area contributed by atoms with Crippen molar-refractivity contribution in [1.29, 1.82) is 0 Å². The number of carbonyl (C=O) groups excluding carboxylic acids is 1. The van der Waals surface area contributed by atoms with Crippen LogP contribution in [0.15, 0.2) is 24.3 Å². The van der Waals surface area contributed by atoms with Crippen molar-refractivity contribution in [2.24, 2.45) is 0 Å². The van der Waals surface area contributed by atoms with E-state index in [2.05, 4.69) is 0 Å². The van der Waals surface area contributed by atoms with Crippen LogP contribution in [0, 0.1) is 13.8 Å². The molecule has 0 aliphatic heterocycles. The Kier molecular flexibility index (Phi) is 3.99. The predicted octanol–water partition coefficient (Wildman–Crippen LogP) is 2.92. The van der Waals surface area contributed by atoms with Gasteiger partial charge in [0.25, 0.3) is 5.91 Å². The fraction of sp³-hybridized carbons (Fsp3) is 0.200. The molecule has 1 heterocycles. The van der Waals surface area contributed by atoms with Crippen molar-refractivity contribution in [3.63, 3.8) is 0 Å². The summed E-state index contributed by atoms with van der Waals surface area (Å²) in [5, 5.41) is 9.25. The molecule has 1 aromatic carbocycles. The average Bonchev–Trinajstić information content (AvgIpc) is 2.77. The summed E-state index contributed by atoms with van der Waals surface area (Å²) >= 11 is 1.40. The Balaban J connectivity index is 2.42. The lowest BCUT2D eigenvalue weighted by molar-refractivity contribution is 0.0698. The van der Waals surface area contributed by atoms with Crippen LogP contribution in [-0.2, 0) is 0 Å². The molecule has 3 N–H and O–H groups in total. The highest BCUT2D eigenvalue weighted by molar-refractivity contribution is 7.14. The normalized spacial score (nSPS) is 10.4. The summed E-state index contributed by atoms with van der Waals surface area (Å²) in [6.07, 6.45) is 0. The van der Waals surface area contributed by atoms with Crippen molar-refractivity contribution in [3.05, 3.63) is 45.1 Å². The third-order valence-corrected chi connectivity index (χ3v) is 4.43. The molecule has 0 radical (unpaired) electrons. The van der Waals surface area contributed by atoms with Crippen molar-refractivity contribution in [3.8, 4) is 0 Å². The molecule has 0 unspecified atom stereocenters. The van der Waals surface area contributed by atoms with Crippen LogP contribution in [0.3, 0.4) is 0 Å². The Bertz CT molecular complexity index is 702. The Morgan fingerprint density at radius 1 is 1.24 bits per heavy atom. The number of nitrogens with two attached hydrogens (primary N) is 1. The third kappa shape index (κ3) is 2.90. The Labute approximate surface area is 126 Å². The molecule has 0 aliphatic carbocycles. The third-order valence-electron chi connectivity index (χ3n) is 3.29. The van der Waals surface area contributed by atoms with Gasteiger partial charge in [0.1, 0.15) is 0 Å². The maximum Gasteiger partial charge on any atom is 0.337 e. The fourth-order valence-corrected chi connectivity index (χ4v) is 2.98. The number of hydrogen-bond donors (Lipinski definition) is 2. The number of thiophene rings is 1. The van der Waals surface area contributed by atoms with Gasteiger partial charge < -0.3 is 15.7 Å². The molecule has 6 heteroatoms. The number of carbonyl (C=O) groups is 2. The molecular weight excluding hydrogens is 288 g/mol. The van der Waals surface area contributed by atoms with Crippen LogP contribution in [-0.4, -0.2) is 24.0 Å². The Morgan fingerprint density at radius 2 is 1.90 bits per heavy atom. The van der Waals surface area contributed by atoms with Gasteiger partial charge in [0, 0.05) is 17.6 Å². The second-order valence-corrected chi connectivity index (χ2v) is 6.05. The van der Waals surface area contributed by atoms with E-state index in [0.29, 0.717) is 16.3 Å². The highest BCUT2D eigenvalue weighted by atomic mass is 32.1. The number of aryl methyl sites for hydroxylation is 2. The summed E-state index contributed by atoms with van der Waals surface area (Å²) in [6.45, 7) is 3.89. The van der Waals surface area contributed by atoms with Crippen LogP contribution >= 0.6 is 11.3 Å². The summed E-state index contributed by atoms with van der Waals surface area (Å²) in [5.74, 6) is -1.35. The number of amides is 1. The molecule has 0 saturated carbocycles. The number of anilines is 2. The maximum absolute atomic E-state index is 12.5. The van der Waals surface area contributed by atoms with E-state index in [1.165, 1.54) is 22.3 Å². The minimum absolute atomic E-state index is 0.0100. The first kappa shape index (κ1) is 15.1. The highest BCUT2D eigenvalue weighted by Gasteiger charge is 2.21. The van der Waals surface area contributed by atoms with E-state index in [4.69, 9.17) is 5.73 Å². The van der Waals surface area contributed by atoms with Gasteiger partial charge in [-0.05, 0) is 43.7 Å². The van der Waals surface area contributed by atoms with Gasteiger partial charge in [-0.15, -0.1) is 11.3 Å². The first-order valence-electron chi connectivity index (χ1n) is 6.29. The average molecular weight is 304 g/mol. The zero-order valence-electron chi connectivity index (χ0n) is 12.0. The summed E-state index contributed by atoms with van der Waals surface area (Å²) in [4.78, 5) is 26.8. The Hall–Kier alpha value is -2.34. The molecule has 2 rings (SSSR count). The summed E-state index contributed by atoms with van der Waals surface area (Å²) in [5.41, 5.74) is 7.34. The van der Waals surface area contributed by atoms with Gasteiger partial charge in [-0.25, -0.2) is 4.79 Å². The fourth-order valence-electron chi connectivity index (χ4n) is 1.97. The topological polar surface area (TPSA) is 83.6 Å². The van der Waals surface area contributed by atoms with E-state index < -0.39 is 5.97 Å². The first-order valence-corrected chi connectivity index (χ1v) is 7.11. The van der Waals surface area contributed by atoms with E-state index in [1.807, 2.05) is 19.9 Å². The lowest BCUT2D eigenvalue weighted by atomic mass is 10.1. The van der Waals surface area contributed by atoms with Gasteiger partial charge in [0.2, 0.25) is 0 Å². The quantitative estimate of drug-likeness (QED) is 0.854. The molecule has 5 nitrogen and oxygen atoms in total. The van der Waals surface area contributed by atoms with Crippen LogP contribution in [0.5, 0.6) is 0 Å². The number of nitrogens with zero attached hydrogens (tertiary/aromatic N) is 1. The molecule has 0 spiro atoms. The number of nitrogen functional groups attached to an aromatic ring is 1. The second-order valence-electron chi connectivity index (χ2n) is 4.80. The SMILES string of the molecule is Cc1cc(C(=O)N(C)c2ccc(N)cc2C(=O)O)sc1C. The summed E-state index contributed by atoms with van der Waals surface area (Å²) in [7, 11) is 1.56. The van der Waals surface area contributed by atoms with Gasteiger partial charge in [-0.3, -0.25) is 4.79 Å². The summed E-state index contributed by atoms with van der Waals surface area (Å²) < 4.78 is 0. The van der Waals surface area contributed by atoms with E-state index >= 15 is 0 Å². The standard InChI is InChI=1S/C15H16N2O3S/c1-8-6-13(21-9(8)2)14(18)17(3)12-5-4-10(16)7-11(12)15(19)20/h4-7H,16H2,1-3H3,(H,19,20). The zero-order valence-corrected chi connectivity index (χ0v) is 12.8. The Morgan fingerprint density at radius 3 is 2.43 bits per heavy atom. The molecule has 0 fully saturated rings. The molecule has 1 aromatic heterocycles. The highest BCUT2D eigenvalue weighted by Crippen LogP contribution is 2.27. The zero-order chi connectivity index (χ0) is 15.7. The van der Waals surface area contributed by atoms with Crippen molar-refractivity contribution in [1.82, 2.24) is 0 Å². The molecule has 2 aromatic rings. The van der Waals surface area contributed by atoms with E-state index in [1.54, 1.807) is 19.2 Å². The van der Waals surface area contributed by atoms with E-state index in [-0.39, 0.29) is 11.5 Å². The molecule has 0 aliphatic rings. The number of carboxylic acids is 1. The van der Waals surface area contributed by atoms with Crippen molar-refractivity contribution in [2.45, 2.75) is 13.8 Å². The summed E-state index contributed by atoms with van der Waals surface area (Å²) in [6, 6.07) is 6.30. The molecule has 110 valence electrons. The number of benzene rings is 1. The van der Waals surface area contributed by atoms with Gasteiger partial charge in [0.15, 0.2) is 0 Å². The van der Waals surface area contributed by atoms with Crippen LogP contribution in [0.1, 0.15) is 30.5 Å². The second kappa shape index (κ2) is 5.57. The monoisotopic (exact) mass is 304 g/mol. The molecule has 0 saturated heterocycles. The van der Waals surface area contributed by atoms with Crippen LogP contribution in [0.4, 0.5) is 11.4 Å². The minimum atomic E-state index is -1.12. The predicted molar refractivity (Wildman–Crippen MR) is 84.3 cm³/mol. The maximum atomic E-state index is 12.5. The van der Waals surface area contributed by atoms with Crippen LogP contribution in [0.25, 0.3) is 0 Å². The smallest absolute Gasteiger partial charge is 0.337 e. The van der Waals surface area contributed by atoms with Gasteiger partial charge in [-0.2, -0.15) is 0 Å². The molecule has 0 atom stereocenters. The first-order chi connectivity index (χ1) is 9.81. The van der Waals surface area contributed by atoms with Crippen molar-refractivity contribution >= 4 is 34.6 Å². The number of carboxylic acid groups (broad SMARTS) is 1. The van der Waals surface area contributed by atoms with Crippen LogP contribution in [0.2, 0.25) is 0 Å². The number of rotatable bonds is 3. The molecule has 1 amide bonds. The lowest BCUT2D eigenvalue weighted by Gasteiger charge is -2.19. The van der Waals surface area contributed by atoms with Crippen molar-refractivity contribution < 1.29 is 14.7 Å². The molecular formula is C15H16N2O3S. The largest absolute Gasteiger partial charge is 0.478 e.